The van der Waals surface area contributed by atoms with E-state index in [0.29, 0.717) is 5.75 Å². The molecular weight excluding hydrogens is 200 g/mol. The van der Waals surface area contributed by atoms with Gasteiger partial charge in [-0.05, 0) is 30.5 Å². The largest absolute Gasteiger partial charge is 0.508 e. The van der Waals surface area contributed by atoms with Gasteiger partial charge in [-0.2, -0.15) is 0 Å². The average molecular weight is 222 g/mol. The molecular formula is C14H22O2. The number of rotatable bonds is 6. The van der Waals surface area contributed by atoms with E-state index in [2.05, 4.69) is 6.92 Å². The van der Waals surface area contributed by atoms with Crippen LogP contribution in [0.2, 0.25) is 0 Å². The molecule has 0 radical (unpaired) electrons. The normalized spacial score (nSPS) is 9.31. The molecule has 0 unspecified atom stereocenters. The van der Waals surface area contributed by atoms with E-state index in [1.165, 1.54) is 37.7 Å². The Kier molecular flexibility index (Phi) is 9.38. The van der Waals surface area contributed by atoms with Crippen LogP contribution in [0.5, 0.6) is 5.75 Å². The zero-order valence-electron chi connectivity index (χ0n) is 10.1. The van der Waals surface area contributed by atoms with Crippen molar-refractivity contribution in [3.05, 3.63) is 29.8 Å². The molecule has 0 aliphatic rings. The van der Waals surface area contributed by atoms with Crippen molar-refractivity contribution >= 4 is 6.79 Å². The third-order valence-electron chi connectivity index (χ3n) is 2.51. The molecule has 0 amide bonds. The molecule has 90 valence electrons. The maximum Gasteiger partial charge on any atom is 0.115 e. The summed E-state index contributed by atoms with van der Waals surface area (Å²) in [5, 5.41) is 9.10. The second-order valence-corrected chi connectivity index (χ2v) is 3.83. The summed E-state index contributed by atoms with van der Waals surface area (Å²) in [6.45, 7) is 4.24. The first-order valence-electron chi connectivity index (χ1n) is 5.89. The SMILES string of the molecule is C=O.CCCCCCCc1ccc(O)cc1. The fourth-order valence-corrected chi connectivity index (χ4v) is 1.60. The van der Waals surface area contributed by atoms with E-state index < -0.39 is 0 Å². The van der Waals surface area contributed by atoms with E-state index in [-0.39, 0.29) is 0 Å². The van der Waals surface area contributed by atoms with Crippen molar-refractivity contribution in [2.24, 2.45) is 0 Å². The summed E-state index contributed by atoms with van der Waals surface area (Å²) in [5.74, 6) is 0.361. The number of aromatic hydroxyl groups is 1. The second-order valence-electron chi connectivity index (χ2n) is 3.83. The highest BCUT2D eigenvalue weighted by Crippen LogP contribution is 2.13. The van der Waals surface area contributed by atoms with Crippen LogP contribution in [0.4, 0.5) is 0 Å². The van der Waals surface area contributed by atoms with Crippen LogP contribution in [-0.2, 0) is 11.2 Å². The van der Waals surface area contributed by atoms with Gasteiger partial charge in [-0.15, -0.1) is 0 Å². The summed E-state index contributed by atoms with van der Waals surface area (Å²) < 4.78 is 0. The second kappa shape index (κ2) is 10.2. The maximum absolute atomic E-state index is 9.10. The van der Waals surface area contributed by atoms with Crippen molar-refractivity contribution in [1.82, 2.24) is 0 Å². The van der Waals surface area contributed by atoms with Gasteiger partial charge in [0.25, 0.3) is 0 Å². The van der Waals surface area contributed by atoms with Gasteiger partial charge in [-0.3, -0.25) is 0 Å². The average Bonchev–Trinajstić information content (AvgIpc) is 2.34. The van der Waals surface area contributed by atoms with Crippen LogP contribution in [0.15, 0.2) is 24.3 Å². The number of carbonyl (C=O) groups is 1. The number of aryl methyl sites for hydroxylation is 1. The Bertz CT molecular complexity index is 254. The third kappa shape index (κ3) is 7.04. The van der Waals surface area contributed by atoms with E-state index in [9.17, 15) is 0 Å². The Morgan fingerprint density at radius 1 is 1.00 bits per heavy atom. The monoisotopic (exact) mass is 222 g/mol. The van der Waals surface area contributed by atoms with Crippen LogP contribution < -0.4 is 0 Å². The standard InChI is InChI=1S/C13H20O.CH2O/c1-2-3-4-5-6-7-12-8-10-13(14)11-9-12;1-2/h8-11,14H,2-7H2,1H3;1H2. The minimum Gasteiger partial charge on any atom is -0.508 e. The lowest BCUT2D eigenvalue weighted by Crippen LogP contribution is -1.85. The number of phenols is 1. The molecule has 0 atom stereocenters. The Morgan fingerprint density at radius 3 is 2.12 bits per heavy atom. The number of phenolic OH excluding ortho intramolecular Hbond substituents is 1. The van der Waals surface area contributed by atoms with Gasteiger partial charge in [-0.25, -0.2) is 0 Å². The first-order valence-corrected chi connectivity index (χ1v) is 5.89. The quantitative estimate of drug-likeness (QED) is 0.745. The highest BCUT2D eigenvalue weighted by molar-refractivity contribution is 5.25. The zero-order valence-corrected chi connectivity index (χ0v) is 10.1. The molecule has 1 rings (SSSR count). The van der Waals surface area contributed by atoms with Gasteiger partial charge >= 0.3 is 0 Å². The van der Waals surface area contributed by atoms with Crippen LogP contribution >= 0.6 is 0 Å². The van der Waals surface area contributed by atoms with Crippen molar-refractivity contribution in [2.75, 3.05) is 0 Å². The molecule has 0 aromatic heterocycles. The summed E-state index contributed by atoms with van der Waals surface area (Å²) in [6.07, 6.45) is 7.76. The van der Waals surface area contributed by atoms with Crippen LogP contribution in [0.3, 0.4) is 0 Å². The molecule has 0 aliphatic heterocycles. The zero-order chi connectivity index (χ0) is 12.2. The van der Waals surface area contributed by atoms with Crippen LogP contribution in [-0.4, -0.2) is 11.9 Å². The molecule has 0 fully saturated rings. The minimum atomic E-state index is 0.361. The molecule has 2 heteroatoms. The number of carbonyl (C=O) groups excluding carboxylic acids is 1. The van der Waals surface area contributed by atoms with E-state index in [1.807, 2.05) is 18.9 Å². The van der Waals surface area contributed by atoms with Crippen molar-refractivity contribution in [2.45, 2.75) is 45.4 Å². The smallest absolute Gasteiger partial charge is 0.115 e. The lowest BCUT2D eigenvalue weighted by atomic mass is 10.1. The maximum atomic E-state index is 9.10. The summed E-state index contributed by atoms with van der Waals surface area (Å²) in [5.41, 5.74) is 1.33. The van der Waals surface area contributed by atoms with Gasteiger partial charge in [0.15, 0.2) is 0 Å². The van der Waals surface area contributed by atoms with Crippen LogP contribution in [0.1, 0.15) is 44.6 Å². The van der Waals surface area contributed by atoms with Crippen molar-refractivity contribution in [3.8, 4) is 5.75 Å². The van der Waals surface area contributed by atoms with Crippen molar-refractivity contribution < 1.29 is 9.90 Å². The number of hydrogen-bond donors (Lipinski definition) is 1. The van der Waals surface area contributed by atoms with E-state index in [4.69, 9.17) is 9.90 Å². The van der Waals surface area contributed by atoms with Crippen LogP contribution in [0, 0.1) is 0 Å². The number of hydrogen-bond acceptors (Lipinski definition) is 2. The van der Waals surface area contributed by atoms with E-state index >= 15 is 0 Å². The molecule has 1 N–H and O–H groups in total. The van der Waals surface area contributed by atoms with E-state index in [0.717, 1.165) is 6.42 Å². The Labute approximate surface area is 98.3 Å². The molecule has 16 heavy (non-hydrogen) atoms. The summed E-state index contributed by atoms with van der Waals surface area (Å²) >= 11 is 0. The minimum absolute atomic E-state index is 0.361. The summed E-state index contributed by atoms with van der Waals surface area (Å²) in [6, 6.07) is 7.55. The predicted molar refractivity (Wildman–Crippen MR) is 67.7 cm³/mol. The van der Waals surface area contributed by atoms with Gasteiger partial charge < -0.3 is 9.90 Å². The molecule has 2 nitrogen and oxygen atoms in total. The Hall–Kier alpha value is -1.31. The number of unbranched alkanes of at least 4 members (excludes halogenated alkanes) is 4. The Morgan fingerprint density at radius 2 is 1.56 bits per heavy atom. The highest BCUT2D eigenvalue weighted by Gasteiger charge is 1.93. The lowest BCUT2D eigenvalue weighted by molar-refractivity contribution is -0.0979. The van der Waals surface area contributed by atoms with Gasteiger partial charge in [0, 0.05) is 0 Å². The molecule has 0 saturated carbocycles. The summed E-state index contributed by atoms with van der Waals surface area (Å²) in [4.78, 5) is 8.00. The Balaban J connectivity index is 0.00000106. The first-order chi connectivity index (χ1) is 7.83. The fourth-order valence-electron chi connectivity index (χ4n) is 1.60. The molecule has 0 spiro atoms. The van der Waals surface area contributed by atoms with Crippen molar-refractivity contribution in [3.63, 3.8) is 0 Å². The van der Waals surface area contributed by atoms with Gasteiger partial charge in [-0.1, -0.05) is 44.7 Å². The first kappa shape index (κ1) is 14.7. The molecule has 0 bridgehead atoms. The highest BCUT2D eigenvalue weighted by atomic mass is 16.3. The molecule has 0 saturated heterocycles. The summed E-state index contributed by atoms with van der Waals surface area (Å²) in [7, 11) is 0. The molecule has 1 aromatic rings. The molecule has 0 heterocycles. The van der Waals surface area contributed by atoms with Gasteiger partial charge in [0.2, 0.25) is 0 Å². The molecule has 1 aromatic carbocycles. The fraction of sp³-hybridized carbons (Fsp3) is 0.500. The third-order valence-corrected chi connectivity index (χ3v) is 2.51. The van der Waals surface area contributed by atoms with Gasteiger partial charge in [0.1, 0.15) is 12.5 Å². The van der Waals surface area contributed by atoms with E-state index in [1.54, 1.807) is 12.1 Å². The van der Waals surface area contributed by atoms with Crippen molar-refractivity contribution in [1.29, 1.82) is 0 Å². The topological polar surface area (TPSA) is 37.3 Å². The molecule has 0 aliphatic carbocycles. The van der Waals surface area contributed by atoms with Crippen LogP contribution in [0.25, 0.3) is 0 Å². The van der Waals surface area contributed by atoms with Gasteiger partial charge in [0.05, 0.1) is 0 Å². The predicted octanol–water partition coefficient (Wildman–Crippen LogP) is 3.72. The lowest BCUT2D eigenvalue weighted by Gasteiger charge is -2.01. The number of benzene rings is 1.